The van der Waals surface area contributed by atoms with Gasteiger partial charge in [-0.1, -0.05) is 6.92 Å². The zero-order chi connectivity index (χ0) is 22.6. The Balaban J connectivity index is 1.22. The first-order chi connectivity index (χ1) is 16.0. The molecular weight excluding hydrogens is 418 g/mol. The fourth-order valence-electron chi connectivity index (χ4n) is 4.31. The van der Waals surface area contributed by atoms with Crippen LogP contribution >= 0.6 is 0 Å². The van der Waals surface area contributed by atoms with Gasteiger partial charge in [0.25, 0.3) is 0 Å². The van der Waals surface area contributed by atoms with E-state index in [4.69, 9.17) is 4.74 Å². The third-order valence-electron chi connectivity index (χ3n) is 6.66. The summed E-state index contributed by atoms with van der Waals surface area (Å²) in [6.07, 6.45) is 6.37. The highest BCUT2D eigenvalue weighted by molar-refractivity contribution is 5.98. The molecular formula is C24H25N7O2. The second-order valence-corrected chi connectivity index (χ2v) is 9.26. The molecule has 6 rings (SSSR count). The molecule has 9 heteroatoms. The molecule has 4 heterocycles. The average Bonchev–Trinajstić information content (AvgIpc) is 3.20. The smallest absolute Gasteiger partial charge is 0.331 e. The number of amides is 1. The van der Waals surface area contributed by atoms with E-state index >= 15 is 0 Å². The van der Waals surface area contributed by atoms with Crippen LogP contribution in [0.3, 0.4) is 0 Å². The van der Waals surface area contributed by atoms with Crippen LogP contribution in [0.5, 0.6) is 11.6 Å². The minimum Gasteiger partial charge on any atom is -0.439 e. The number of rotatable bonds is 4. The third kappa shape index (κ3) is 3.64. The number of benzene rings is 1. The number of ether oxygens (including phenoxy) is 1. The van der Waals surface area contributed by atoms with Crippen LogP contribution in [0.15, 0.2) is 42.9 Å². The van der Waals surface area contributed by atoms with Crippen LogP contribution in [0, 0.1) is 0 Å². The fraction of sp³-hybridized carbons (Fsp3) is 0.333. The van der Waals surface area contributed by atoms with Crippen LogP contribution in [-0.4, -0.2) is 36.8 Å². The Kier molecular flexibility index (Phi) is 4.48. The number of anilines is 1. The maximum atomic E-state index is 12.9. The standard InChI is InChI=1S/C24H25N7O2/c1-14-9-17-18(12-25-14)26-13-27-22(17)33-16-3-4-19-15(10-16)5-8-31(19)23(32)28-21-11-20(29-30-21)24(2)6-7-24/h3-5,8,10-11,13-14,25H,6-7,9,12H2,1-2H3,(H2,28,29,30,32)/t14-/m1/s1. The van der Waals surface area contributed by atoms with Crippen LogP contribution in [0.25, 0.3) is 10.9 Å². The Hall–Kier alpha value is -3.72. The number of carbonyl (C=O) groups is 1. The number of aromatic nitrogens is 5. The monoisotopic (exact) mass is 443 g/mol. The summed E-state index contributed by atoms with van der Waals surface area (Å²) in [5.41, 5.74) is 3.94. The predicted octanol–water partition coefficient (Wildman–Crippen LogP) is 4.11. The number of H-pyrrole nitrogens is 1. The summed E-state index contributed by atoms with van der Waals surface area (Å²) in [6, 6.07) is 9.56. The molecule has 3 aromatic heterocycles. The number of fused-ring (bicyclic) bond motifs is 2. The molecule has 0 radical (unpaired) electrons. The van der Waals surface area contributed by atoms with Crippen LogP contribution < -0.4 is 15.4 Å². The van der Waals surface area contributed by atoms with E-state index in [9.17, 15) is 4.79 Å². The SMILES string of the molecule is C[C@@H]1Cc2c(ncnc2Oc2ccc3c(ccn3C(=O)Nc3cc(C4(C)CC4)n[nH]3)c2)CN1. The van der Waals surface area contributed by atoms with Gasteiger partial charge >= 0.3 is 6.03 Å². The molecule has 1 aromatic carbocycles. The highest BCUT2D eigenvalue weighted by Crippen LogP contribution is 2.47. The Bertz CT molecular complexity index is 1370. The number of hydrogen-bond donors (Lipinski definition) is 3. The Labute approximate surface area is 190 Å². The van der Waals surface area contributed by atoms with E-state index in [1.54, 1.807) is 10.8 Å². The van der Waals surface area contributed by atoms with Gasteiger partial charge in [-0.25, -0.2) is 14.8 Å². The van der Waals surface area contributed by atoms with E-state index < -0.39 is 0 Å². The number of carbonyl (C=O) groups excluding carboxylic acids is 1. The summed E-state index contributed by atoms with van der Waals surface area (Å²) in [5.74, 6) is 1.86. The maximum absolute atomic E-state index is 12.9. The lowest BCUT2D eigenvalue weighted by atomic mass is 10.0. The molecule has 1 saturated carbocycles. The largest absolute Gasteiger partial charge is 0.439 e. The predicted molar refractivity (Wildman–Crippen MR) is 124 cm³/mol. The second-order valence-electron chi connectivity index (χ2n) is 9.26. The van der Waals surface area contributed by atoms with Gasteiger partial charge in [-0.2, -0.15) is 5.10 Å². The highest BCUT2D eigenvalue weighted by Gasteiger charge is 2.41. The summed E-state index contributed by atoms with van der Waals surface area (Å²) in [4.78, 5) is 21.6. The van der Waals surface area contributed by atoms with Crippen molar-refractivity contribution < 1.29 is 9.53 Å². The summed E-state index contributed by atoms with van der Waals surface area (Å²) < 4.78 is 7.72. The summed E-state index contributed by atoms with van der Waals surface area (Å²) >= 11 is 0. The van der Waals surface area contributed by atoms with Gasteiger partial charge in [-0.3, -0.25) is 15.0 Å². The fourth-order valence-corrected chi connectivity index (χ4v) is 4.31. The Morgan fingerprint density at radius 2 is 2.12 bits per heavy atom. The van der Waals surface area contributed by atoms with Gasteiger partial charge in [-0.05, 0) is 50.5 Å². The molecule has 33 heavy (non-hydrogen) atoms. The van der Waals surface area contributed by atoms with Gasteiger partial charge in [0.2, 0.25) is 5.88 Å². The topological polar surface area (TPSA) is 110 Å². The van der Waals surface area contributed by atoms with Crippen LogP contribution in [-0.2, 0) is 18.4 Å². The molecule has 0 unspecified atom stereocenters. The van der Waals surface area contributed by atoms with Crippen molar-refractivity contribution in [2.45, 2.75) is 51.1 Å². The lowest BCUT2D eigenvalue weighted by molar-refractivity contribution is 0.254. The van der Waals surface area contributed by atoms with Crippen molar-refractivity contribution in [3.8, 4) is 11.6 Å². The van der Waals surface area contributed by atoms with Crippen molar-refractivity contribution in [2.24, 2.45) is 0 Å². The molecule has 0 spiro atoms. The molecule has 1 aliphatic carbocycles. The highest BCUT2D eigenvalue weighted by atomic mass is 16.5. The van der Waals surface area contributed by atoms with Gasteiger partial charge < -0.3 is 10.1 Å². The van der Waals surface area contributed by atoms with Crippen LogP contribution in [0.1, 0.15) is 43.6 Å². The zero-order valence-electron chi connectivity index (χ0n) is 18.6. The van der Waals surface area contributed by atoms with Gasteiger partial charge in [0.15, 0.2) is 0 Å². The lowest BCUT2D eigenvalue weighted by Gasteiger charge is -2.23. The molecule has 2 aliphatic rings. The zero-order valence-corrected chi connectivity index (χ0v) is 18.6. The first kappa shape index (κ1) is 19.9. The van der Waals surface area contributed by atoms with E-state index in [0.29, 0.717) is 30.0 Å². The van der Waals surface area contributed by atoms with Gasteiger partial charge in [-0.15, -0.1) is 0 Å². The van der Waals surface area contributed by atoms with Crippen molar-refractivity contribution in [3.63, 3.8) is 0 Å². The number of nitrogens with one attached hydrogen (secondary N) is 3. The first-order valence-electron chi connectivity index (χ1n) is 11.2. The maximum Gasteiger partial charge on any atom is 0.331 e. The molecule has 9 nitrogen and oxygen atoms in total. The van der Waals surface area contributed by atoms with Gasteiger partial charge in [0, 0.05) is 41.2 Å². The number of hydrogen-bond acceptors (Lipinski definition) is 6. The Morgan fingerprint density at radius 3 is 2.97 bits per heavy atom. The molecule has 1 aliphatic heterocycles. The summed E-state index contributed by atoms with van der Waals surface area (Å²) in [5, 5.41) is 14.5. The Morgan fingerprint density at radius 1 is 1.24 bits per heavy atom. The molecule has 168 valence electrons. The van der Waals surface area contributed by atoms with Crippen molar-refractivity contribution >= 4 is 22.8 Å². The molecule has 1 amide bonds. The van der Waals surface area contributed by atoms with Gasteiger partial charge in [0.05, 0.1) is 16.9 Å². The summed E-state index contributed by atoms with van der Waals surface area (Å²) in [6.45, 7) is 5.03. The van der Waals surface area contributed by atoms with Crippen LogP contribution in [0.4, 0.5) is 10.6 Å². The molecule has 4 aromatic rings. The van der Waals surface area contributed by atoms with Crippen molar-refractivity contribution in [1.82, 2.24) is 30.0 Å². The minimum atomic E-state index is -0.249. The van der Waals surface area contributed by atoms with E-state index in [2.05, 4.69) is 44.6 Å². The lowest BCUT2D eigenvalue weighted by Crippen LogP contribution is -2.33. The second kappa shape index (κ2) is 7.41. The van der Waals surface area contributed by atoms with E-state index in [-0.39, 0.29) is 11.4 Å². The molecule has 1 atom stereocenters. The quantitative estimate of drug-likeness (QED) is 0.438. The van der Waals surface area contributed by atoms with Crippen LogP contribution in [0.2, 0.25) is 0 Å². The molecule has 0 bridgehead atoms. The normalized spacial score (nSPS) is 18.7. The third-order valence-corrected chi connectivity index (χ3v) is 6.66. The van der Waals surface area contributed by atoms with Crippen molar-refractivity contribution in [1.29, 1.82) is 0 Å². The number of nitrogens with zero attached hydrogens (tertiary/aromatic N) is 4. The number of aromatic amines is 1. The van der Waals surface area contributed by atoms with E-state index in [0.717, 1.165) is 47.1 Å². The average molecular weight is 444 g/mol. The van der Waals surface area contributed by atoms with Crippen molar-refractivity contribution in [2.75, 3.05) is 5.32 Å². The van der Waals surface area contributed by atoms with E-state index in [1.165, 1.54) is 6.33 Å². The summed E-state index contributed by atoms with van der Waals surface area (Å²) in [7, 11) is 0. The van der Waals surface area contributed by atoms with E-state index in [1.807, 2.05) is 30.3 Å². The van der Waals surface area contributed by atoms with Gasteiger partial charge in [0.1, 0.15) is 17.9 Å². The molecule has 1 fully saturated rings. The molecule has 3 N–H and O–H groups in total. The first-order valence-corrected chi connectivity index (χ1v) is 11.2. The molecule has 0 saturated heterocycles. The minimum absolute atomic E-state index is 0.146. The van der Waals surface area contributed by atoms with Crippen molar-refractivity contribution in [3.05, 3.63) is 59.8 Å².